The maximum Gasteiger partial charge on any atom is 0.329 e. The number of sulfonamides is 1. The van der Waals surface area contributed by atoms with Crippen molar-refractivity contribution in [2.24, 2.45) is 0 Å². The van der Waals surface area contributed by atoms with Gasteiger partial charge in [0.2, 0.25) is 5.91 Å². The predicted octanol–water partition coefficient (Wildman–Crippen LogP) is 2.66. The number of hydrogen-bond donors (Lipinski definition) is 2. The number of carbonyl (C=O) groups excluding carboxylic acids is 2. The second-order valence-corrected chi connectivity index (χ2v) is 9.21. The summed E-state index contributed by atoms with van der Waals surface area (Å²) in [5, 5.41) is 2.51. The highest BCUT2D eigenvalue weighted by Gasteiger charge is 2.28. The molecule has 0 fully saturated rings. The van der Waals surface area contributed by atoms with Crippen LogP contribution in [0, 0.1) is 6.92 Å². The number of hydrogen-bond acceptors (Lipinski definition) is 6. The highest BCUT2D eigenvalue weighted by Crippen LogP contribution is 2.19. The maximum absolute atomic E-state index is 13.3. The summed E-state index contributed by atoms with van der Waals surface area (Å²) in [7, 11) is -1.01. The van der Waals surface area contributed by atoms with E-state index in [1.807, 2.05) is 4.72 Å². The zero-order chi connectivity index (χ0) is 24.7. The van der Waals surface area contributed by atoms with Crippen molar-refractivity contribution < 1.29 is 22.7 Å². The molecule has 1 heterocycles. The number of urea groups is 1. The second-order valence-electron chi connectivity index (χ2n) is 7.56. The van der Waals surface area contributed by atoms with Gasteiger partial charge in [0.1, 0.15) is 11.8 Å². The van der Waals surface area contributed by atoms with Gasteiger partial charge in [-0.1, -0.05) is 24.3 Å². The average molecular weight is 483 g/mol. The number of ether oxygens (including phenoxy) is 1. The number of carbonyl (C=O) groups is 2. The number of nitrogens with zero attached hydrogens (tertiary/aromatic N) is 2. The molecule has 9 nitrogen and oxygen atoms in total. The largest absolute Gasteiger partial charge is 0.497 e. The molecular weight excluding hydrogens is 456 g/mol. The number of aromatic nitrogens is 1. The number of rotatable bonds is 8. The van der Waals surface area contributed by atoms with Crippen LogP contribution in [0.2, 0.25) is 0 Å². The Morgan fingerprint density at radius 1 is 1.06 bits per heavy atom. The summed E-state index contributed by atoms with van der Waals surface area (Å²) < 4.78 is 32.5. The van der Waals surface area contributed by atoms with Crippen LogP contribution in [0.1, 0.15) is 11.1 Å². The highest BCUT2D eigenvalue weighted by molar-refractivity contribution is 7.90. The lowest BCUT2D eigenvalue weighted by molar-refractivity contribution is -0.120. The van der Waals surface area contributed by atoms with E-state index in [4.69, 9.17) is 4.74 Å². The SMILES string of the molecule is COc1ccc(N(C)C(=O)C(Cc2cccnc2)NC(=O)NS(=O)(=O)c2ccccc2C)cc1. The molecule has 3 amide bonds. The molecule has 2 aromatic carbocycles. The first-order valence-corrected chi connectivity index (χ1v) is 11.9. The van der Waals surface area contributed by atoms with E-state index in [-0.39, 0.29) is 11.3 Å². The Kier molecular flexibility index (Phi) is 7.85. The smallest absolute Gasteiger partial charge is 0.329 e. The molecule has 178 valence electrons. The minimum Gasteiger partial charge on any atom is -0.497 e. The topological polar surface area (TPSA) is 118 Å². The fourth-order valence-corrected chi connectivity index (χ4v) is 4.51. The molecular formula is C24H26N4O5S. The van der Waals surface area contributed by atoms with Crippen LogP contribution in [-0.4, -0.2) is 45.5 Å². The zero-order valence-corrected chi connectivity index (χ0v) is 19.9. The maximum atomic E-state index is 13.3. The summed E-state index contributed by atoms with van der Waals surface area (Å²) in [4.78, 5) is 31.4. The molecule has 0 bridgehead atoms. The Labute approximate surface area is 198 Å². The van der Waals surface area contributed by atoms with Crippen molar-refractivity contribution in [1.82, 2.24) is 15.0 Å². The summed E-state index contributed by atoms with van der Waals surface area (Å²) in [5.74, 6) is 0.202. The van der Waals surface area contributed by atoms with Crippen LogP contribution in [0.25, 0.3) is 0 Å². The molecule has 0 aliphatic heterocycles. The first-order chi connectivity index (χ1) is 16.2. The predicted molar refractivity (Wildman–Crippen MR) is 128 cm³/mol. The van der Waals surface area contributed by atoms with Crippen LogP contribution in [0.15, 0.2) is 78.0 Å². The Hall–Kier alpha value is -3.92. The Balaban J connectivity index is 1.81. The first-order valence-electron chi connectivity index (χ1n) is 10.4. The number of benzene rings is 2. The van der Waals surface area contributed by atoms with E-state index in [1.54, 1.807) is 88.1 Å². The first kappa shape index (κ1) is 24.7. The van der Waals surface area contributed by atoms with Crippen LogP contribution >= 0.6 is 0 Å². The van der Waals surface area contributed by atoms with Crippen LogP contribution in [0.4, 0.5) is 10.5 Å². The lowest BCUT2D eigenvalue weighted by Crippen LogP contribution is -2.52. The summed E-state index contributed by atoms with van der Waals surface area (Å²) in [5.41, 5.74) is 1.77. The molecule has 1 aromatic heterocycles. The molecule has 1 unspecified atom stereocenters. The zero-order valence-electron chi connectivity index (χ0n) is 19.1. The van der Waals surface area contributed by atoms with Gasteiger partial charge < -0.3 is 15.0 Å². The third-order valence-electron chi connectivity index (χ3n) is 5.17. The molecule has 10 heteroatoms. The van der Waals surface area contributed by atoms with Gasteiger partial charge in [0, 0.05) is 31.5 Å². The van der Waals surface area contributed by atoms with Gasteiger partial charge in [0.05, 0.1) is 12.0 Å². The summed E-state index contributed by atoms with van der Waals surface area (Å²) in [6, 6.07) is 14.6. The van der Waals surface area contributed by atoms with Crippen molar-refractivity contribution in [2.45, 2.75) is 24.3 Å². The minimum atomic E-state index is -4.13. The van der Waals surface area contributed by atoms with E-state index in [0.29, 0.717) is 22.6 Å². The minimum absolute atomic E-state index is 0.0179. The Morgan fingerprint density at radius 3 is 2.38 bits per heavy atom. The van der Waals surface area contributed by atoms with Crippen molar-refractivity contribution in [3.05, 3.63) is 84.2 Å². The number of amides is 3. The second kappa shape index (κ2) is 10.8. The van der Waals surface area contributed by atoms with Gasteiger partial charge in [-0.2, -0.15) is 0 Å². The van der Waals surface area contributed by atoms with Gasteiger partial charge in [0.15, 0.2) is 0 Å². The standard InChI is InChI=1S/C24H26N4O5S/c1-17-7-4-5-9-22(17)34(31,32)27-24(30)26-21(15-18-8-6-14-25-16-18)23(29)28(2)19-10-12-20(33-3)13-11-19/h4-14,16,21H,15H2,1-3H3,(H2,26,27,30). The molecule has 0 aliphatic rings. The highest BCUT2D eigenvalue weighted by atomic mass is 32.2. The van der Waals surface area contributed by atoms with E-state index >= 15 is 0 Å². The van der Waals surface area contributed by atoms with E-state index < -0.39 is 28.0 Å². The molecule has 3 aromatic rings. The summed E-state index contributed by atoms with van der Waals surface area (Å²) in [6.45, 7) is 1.63. The number of aryl methyl sites for hydroxylation is 1. The van der Waals surface area contributed by atoms with E-state index in [1.165, 1.54) is 11.0 Å². The number of pyridine rings is 1. The monoisotopic (exact) mass is 482 g/mol. The molecule has 0 aliphatic carbocycles. The molecule has 1 atom stereocenters. The number of nitrogens with one attached hydrogen (secondary N) is 2. The van der Waals surface area contributed by atoms with Crippen LogP contribution in [0.5, 0.6) is 5.75 Å². The van der Waals surface area contributed by atoms with Gasteiger partial charge in [0.25, 0.3) is 10.0 Å². The van der Waals surface area contributed by atoms with Crippen LogP contribution in [-0.2, 0) is 21.2 Å². The lowest BCUT2D eigenvalue weighted by atomic mass is 10.1. The van der Waals surface area contributed by atoms with Gasteiger partial charge >= 0.3 is 6.03 Å². The molecule has 0 saturated carbocycles. The molecule has 0 saturated heterocycles. The molecule has 2 N–H and O–H groups in total. The quantitative estimate of drug-likeness (QED) is 0.510. The normalized spacial score (nSPS) is 11.9. The molecule has 34 heavy (non-hydrogen) atoms. The van der Waals surface area contributed by atoms with E-state index in [2.05, 4.69) is 10.3 Å². The Bertz CT molecular complexity index is 1250. The fraction of sp³-hybridized carbons (Fsp3) is 0.208. The van der Waals surface area contributed by atoms with Crippen molar-refractivity contribution >= 4 is 27.6 Å². The van der Waals surface area contributed by atoms with Gasteiger partial charge in [-0.25, -0.2) is 17.9 Å². The third kappa shape index (κ3) is 6.10. The van der Waals surface area contributed by atoms with Gasteiger partial charge in [-0.3, -0.25) is 9.78 Å². The van der Waals surface area contributed by atoms with Crippen molar-refractivity contribution in [3.63, 3.8) is 0 Å². The van der Waals surface area contributed by atoms with Crippen LogP contribution in [0.3, 0.4) is 0 Å². The molecule has 0 spiro atoms. The lowest BCUT2D eigenvalue weighted by Gasteiger charge is -2.25. The van der Waals surface area contributed by atoms with Gasteiger partial charge in [-0.05, 0) is 54.4 Å². The van der Waals surface area contributed by atoms with Crippen LogP contribution < -0.4 is 19.7 Å². The van der Waals surface area contributed by atoms with Crippen molar-refractivity contribution in [1.29, 1.82) is 0 Å². The third-order valence-corrected chi connectivity index (χ3v) is 6.66. The molecule has 3 rings (SSSR count). The number of methoxy groups -OCH3 is 1. The average Bonchev–Trinajstić information content (AvgIpc) is 2.83. The number of anilines is 1. The fourth-order valence-electron chi connectivity index (χ4n) is 3.34. The van der Waals surface area contributed by atoms with Crippen molar-refractivity contribution in [2.75, 3.05) is 19.1 Å². The summed E-state index contributed by atoms with van der Waals surface area (Å²) >= 11 is 0. The molecule has 0 radical (unpaired) electrons. The number of likely N-dealkylation sites (N-methyl/N-ethyl adjacent to an activating group) is 1. The van der Waals surface area contributed by atoms with Gasteiger partial charge in [-0.15, -0.1) is 0 Å². The summed E-state index contributed by atoms with van der Waals surface area (Å²) in [6.07, 6.45) is 3.29. The van der Waals surface area contributed by atoms with E-state index in [9.17, 15) is 18.0 Å². The van der Waals surface area contributed by atoms with Crippen molar-refractivity contribution in [3.8, 4) is 5.75 Å². The Morgan fingerprint density at radius 2 is 1.76 bits per heavy atom. The van der Waals surface area contributed by atoms with E-state index in [0.717, 1.165) is 0 Å².